The Bertz CT molecular complexity index is 1100. The van der Waals surface area contributed by atoms with Crippen LogP contribution in [-0.4, -0.2) is 25.5 Å². The van der Waals surface area contributed by atoms with Gasteiger partial charge in [-0.25, -0.2) is 0 Å². The first-order valence-corrected chi connectivity index (χ1v) is 10.8. The van der Waals surface area contributed by atoms with Crippen molar-refractivity contribution >= 4 is 23.2 Å². The molecule has 3 aromatic rings. The first-order valence-electron chi connectivity index (χ1n) is 10.8. The Hall–Kier alpha value is -3.60. The maximum Gasteiger partial charge on any atom is 0.255 e. The molecule has 3 aromatic carbocycles. The van der Waals surface area contributed by atoms with Crippen molar-refractivity contribution < 1.29 is 14.3 Å². The van der Waals surface area contributed by atoms with Crippen LogP contribution in [0.5, 0.6) is 5.75 Å². The number of methoxy groups -OCH3 is 1. The van der Waals surface area contributed by atoms with Crippen molar-refractivity contribution in [1.82, 2.24) is 0 Å². The van der Waals surface area contributed by atoms with Crippen LogP contribution in [0.2, 0.25) is 0 Å². The van der Waals surface area contributed by atoms with E-state index in [-0.39, 0.29) is 18.4 Å². The average molecular weight is 429 g/mol. The van der Waals surface area contributed by atoms with E-state index in [4.69, 9.17) is 4.74 Å². The number of ether oxygens (including phenoxy) is 1. The molecule has 0 radical (unpaired) electrons. The van der Waals surface area contributed by atoms with Gasteiger partial charge in [0.25, 0.3) is 5.91 Å². The molecule has 1 fully saturated rings. The van der Waals surface area contributed by atoms with Crippen LogP contribution in [-0.2, 0) is 9.59 Å². The first-order chi connectivity index (χ1) is 15.4. The van der Waals surface area contributed by atoms with Crippen molar-refractivity contribution in [2.24, 2.45) is 0 Å². The average Bonchev–Trinajstić information content (AvgIpc) is 2.81. The molecule has 5 nitrogen and oxygen atoms in total. The molecule has 0 aromatic heterocycles. The summed E-state index contributed by atoms with van der Waals surface area (Å²) in [5.74, 6) is 0.827. The summed E-state index contributed by atoms with van der Waals surface area (Å²) in [6, 6.07) is 22.2. The van der Waals surface area contributed by atoms with Gasteiger partial charge in [0.2, 0.25) is 5.91 Å². The first kappa shape index (κ1) is 21.6. The van der Waals surface area contributed by atoms with Crippen LogP contribution in [0.1, 0.15) is 42.5 Å². The molecule has 1 aliphatic heterocycles. The third kappa shape index (κ3) is 4.11. The molecular weight excluding hydrogens is 400 g/mol. The second kappa shape index (κ2) is 8.87. The quantitative estimate of drug-likeness (QED) is 0.558. The molecule has 0 N–H and O–H groups in total. The monoisotopic (exact) mass is 428 g/mol. The number of piperazine rings is 1. The molecule has 0 spiro atoms. The minimum absolute atomic E-state index is 0.00546. The van der Waals surface area contributed by atoms with Crippen molar-refractivity contribution in [2.45, 2.75) is 32.7 Å². The molecule has 1 heterocycles. The van der Waals surface area contributed by atoms with E-state index in [1.54, 1.807) is 29.0 Å². The van der Waals surface area contributed by atoms with Crippen molar-refractivity contribution in [2.75, 3.05) is 23.5 Å². The summed E-state index contributed by atoms with van der Waals surface area (Å²) in [5.41, 5.74) is 4.48. The van der Waals surface area contributed by atoms with Crippen LogP contribution in [0.4, 0.5) is 11.4 Å². The zero-order valence-electron chi connectivity index (χ0n) is 18.9. The minimum Gasteiger partial charge on any atom is -0.497 e. The van der Waals surface area contributed by atoms with E-state index in [0.717, 1.165) is 16.8 Å². The zero-order valence-corrected chi connectivity index (χ0v) is 18.9. The third-order valence-corrected chi connectivity index (χ3v) is 5.94. The Kier molecular flexibility index (Phi) is 5.99. The summed E-state index contributed by atoms with van der Waals surface area (Å²) in [4.78, 5) is 30.4. The smallest absolute Gasteiger partial charge is 0.255 e. The zero-order chi connectivity index (χ0) is 22.8. The van der Waals surface area contributed by atoms with Crippen LogP contribution in [0.15, 0.2) is 72.8 Å². The molecule has 4 rings (SSSR count). The van der Waals surface area contributed by atoms with Gasteiger partial charge in [0, 0.05) is 11.4 Å². The molecule has 1 unspecified atom stereocenters. The summed E-state index contributed by atoms with van der Waals surface area (Å²) in [6.07, 6.45) is 0. The number of hydrogen-bond donors (Lipinski definition) is 0. The number of benzene rings is 3. The minimum atomic E-state index is -0.743. The molecule has 1 saturated heterocycles. The maximum atomic E-state index is 13.8. The van der Waals surface area contributed by atoms with E-state index < -0.39 is 6.04 Å². The molecule has 0 bridgehead atoms. The normalized spacial score (nSPS) is 16.6. The van der Waals surface area contributed by atoms with E-state index >= 15 is 0 Å². The standard InChI is InChI=1S/C27H28N2O3/c1-18(2)20-7-9-21(10-8-20)26-27(31)28(22-11-5-19(3)6-12-22)17-25(30)29(26)23-13-15-24(32-4)16-14-23/h5-16,18,26H,17H2,1-4H3. The van der Waals surface area contributed by atoms with Gasteiger partial charge in [-0.15, -0.1) is 0 Å². The van der Waals surface area contributed by atoms with Crippen LogP contribution in [0.25, 0.3) is 0 Å². The fourth-order valence-corrected chi connectivity index (χ4v) is 4.03. The number of amides is 2. The summed E-state index contributed by atoms with van der Waals surface area (Å²) < 4.78 is 5.26. The molecule has 32 heavy (non-hydrogen) atoms. The van der Waals surface area contributed by atoms with Gasteiger partial charge in [-0.05, 0) is 60.4 Å². The number of carbonyl (C=O) groups excluding carboxylic acids is 2. The van der Waals surface area contributed by atoms with Crippen LogP contribution < -0.4 is 14.5 Å². The van der Waals surface area contributed by atoms with Crippen molar-refractivity contribution in [3.8, 4) is 5.75 Å². The van der Waals surface area contributed by atoms with Crippen molar-refractivity contribution in [3.63, 3.8) is 0 Å². The Morgan fingerprint density at radius 3 is 2.00 bits per heavy atom. The predicted octanol–water partition coefficient (Wildman–Crippen LogP) is 5.25. The van der Waals surface area contributed by atoms with Gasteiger partial charge < -0.3 is 9.64 Å². The van der Waals surface area contributed by atoms with Gasteiger partial charge in [-0.2, -0.15) is 0 Å². The van der Waals surface area contributed by atoms with Gasteiger partial charge >= 0.3 is 0 Å². The number of carbonyl (C=O) groups is 2. The van der Waals surface area contributed by atoms with E-state index in [9.17, 15) is 9.59 Å². The third-order valence-electron chi connectivity index (χ3n) is 5.94. The molecule has 2 amide bonds. The summed E-state index contributed by atoms with van der Waals surface area (Å²) >= 11 is 0. The lowest BCUT2D eigenvalue weighted by atomic mass is 9.95. The number of nitrogens with zero attached hydrogens (tertiary/aromatic N) is 2. The highest BCUT2D eigenvalue weighted by molar-refractivity contribution is 6.14. The Balaban J connectivity index is 1.78. The van der Waals surface area contributed by atoms with Gasteiger partial charge in [-0.3, -0.25) is 14.5 Å². The van der Waals surface area contributed by atoms with Crippen molar-refractivity contribution in [3.05, 3.63) is 89.5 Å². The molecule has 0 saturated carbocycles. The number of aryl methyl sites for hydroxylation is 1. The molecule has 0 aliphatic carbocycles. The Morgan fingerprint density at radius 1 is 0.844 bits per heavy atom. The lowest BCUT2D eigenvalue weighted by Gasteiger charge is -2.40. The van der Waals surface area contributed by atoms with E-state index in [0.29, 0.717) is 17.4 Å². The molecule has 164 valence electrons. The van der Waals surface area contributed by atoms with E-state index in [2.05, 4.69) is 13.8 Å². The number of hydrogen-bond acceptors (Lipinski definition) is 3. The number of rotatable bonds is 5. The van der Waals surface area contributed by atoms with Crippen LogP contribution >= 0.6 is 0 Å². The second-order valence-corrected chi connectivity index (χ2v) is 8.45. The predicted molar refractivity (Wildman–Crippen MR) is 127 cm³/mol. The topological polar surface area (TPSA) is 49.9 Å². The highest BCUT2D eigenvalue weighted by atomic mass is 16.5. The summed E-state index contributed by atoms with van der Waals surface area (Å²) in [7, 11) is 1.60. The molecular formula is C27H28N2O3. The fraction of sp³-hybridized carbons (Fsp3) is 0.259. The highest BCUT2D eigenvalue weighted by Gasteiger charge is 2.41. The molecule has 1 atom stereocenters. The molecule has 1 aliphatic rings. The number of anilines is 2. The largest absolute Gasteiger partial charge is 0.497 e. The van der Waals surface area contributed by atoms with Gasteiger partial charge in [-0.1, -0.05) is 55.8 Å². The summed E-state index contributed by atoms with van der Waals surface area (Å²) in [5, 5.41) is 0. The maximum absolute atomic E-state index is 13.8. The second-order valence-electron chi connectivity index (χ2n) is 8.45. The van der Waals surface area contributed by atoms with Crippen LogP contribution in [0, 0.1) is 6.92 Å². The van der Waals surface area contributed by atoms with E-state index in [1.165, 1.54) is 5.56 Å². The van der Waals surface area contributed by atoms with E-state index in [1.807, 2.05) is 67.6 Å². The highest BCUT2D eigenvalue weighted by Crippen LogP contribution is 2.35. The Morgan fingerprint density at radius 2 is 1.44 bits per heavy atom. The van der Waals surface area contributed by atoms with Crippen molar-refractivity contribution in [1.29, 1.82) is 0 Å². The Labute approximate surface area is 189 Å². The summed E-state index contributed by atoms with van der Waals surface area (Å²) in [6.45, 7) is 6.26. The van der Waals surface area contributed by atoms with Crippen LogP contribution in [0.3, 0.4) is 0 Å². The van der Waals surface area contributed by atoms with Gasteiger partial charge in [0.05, 0.1) is 7.11 Å². The lowest BCUT2D eigenvalue weighted by molar-refractivity contribution is -0.128. The molecule has 5 heteroatoms. The lowest BCUT2D eigenvalue weighted by Crippen LogP contribution is -2.56. The van der Waals surface area contributed by atoms with Gasteiger partial charge in [0.15, 0.2) is 0 Å². The SMILES string of the molecule is COc1ccc(N2C(=O)CN(c3ccc(C)cc3)C(=O)C2c2ccc(C(C)C)cc2)cc1. The van der Waals surface area contributed by atoms with Gasteiger partial charge in [0.1, 0.15) is 18.3 Å². The fourth-order valence-electron chi connectivity index (χ4n) is 4.03.